The van der Waals surface area contributed by atoms with Gasteiger partial charge >= 0.3 is 0 Å². The van der Waals surface area contributed by atoms with E-state index in [9.17, 15) is 9.59 Å². The third-order valence-corrected chi connectivity index (χ3v) is 3.63. The highest BCUT2D eigenvalue weighted by atomic mass is 16.5. The predicted octanol–water partition coefficient (Wildman–Crippen LogP) is 3.03. The SMILES string of the molecule is Cc1cccc(NC(=O)CC2Oc3ccc(C)cc3NC2=O)c1. The number of hydrogen-bond acceptors (Lipinski definition) is 3. The monoisotopic (exact) mass is 310 g/mol. The predicted molar refractivity (Wildman–Crippen MR) is 88.7 cm³/mol. The first-order valence-corrected chi connectivity index (χ1v) is 7.46. The standard InChI is InChI=1S/C18H18N2O3/c1-11-4-3-5-13(8-11)19-17(21)10-16-18(22)20-14-9-12(2)6-7-15(14)23-16/h3-9,16H,10H2,1-2H3,(H,19,21)(H,20,22). The molecule has 3 rings (SSSR count). The summed E-state index contributed by atoms with van der Waals surface area (Å²) in [5.74, 6) is 0.0253. The van der Waals surface area contributed by atoms with Crippen LogP contribution in [0.4, 0.5) is 11.4 Å². The lowest BCUT2D eigenvalue weighted by Gasteiger charge is -2.25. The third kappa shape index (κ3) is 3.51. The Bertz CT molecular complexity index is 771. The highest BCUT2D eigenvalue weighted by molar-refractivity contribution is 6.02. The number of anilines is 2. The van der Waals surface area contributed by atoms with E-state index in [1.807, 2.05) is 50.2 Å². The van der Waals surface area contributed by atoms with Crippen molar-refractivity contribution < 1.29 is 14.3 Å². The molecular formula is C18H18N2O3. The van der Waals surface area contributed by atoms with Crippen molar-refractivity contribution >= 4 is 23.2 Å². The van der Waals surface area contributed by atoms with Crippen molar-refractivity contribution in [2.24, 2.45) is 0 Å². The van der Waals surface area contributed by atoms with Gasteiger partial charge in [-0.2, -0.15) is 0 Å². The summed E-state index contributed by atoms with van der Waals surface area (Å²) in [6.45, 7) is 3.89. The Hall–Kier alpha value is -2.82. The molecule has 0 spiro atoms. The topological polar surface area (TPSA) is 67.4 Å². The second-order valence-corrected chi connectivity index (χ2v) is 5.72. The molecule has 1 aliphatic heterocycles. The van der Waals surface area contributed by atoms with Crippen molar-refractivity contribution in [3.63, 3.8) is 0 Å². The van der Waals surface area contributed by atoms with Crippen LogP contribution in [0.25, 0.3) is 0 Å². The Kier molecular flexibility index (Phi) is 4.02. The smallest absolute Gasteiger partial charge is 0.266 e. The van der Waals surface area contributed by atoms with E-state index in [4.69, 9.17) is 4.74 Å². The molecule has 23 heavy (non-hydrogen) atoms. The molecule has 0 aromatic heterocycles. The zero-order chi connectivity index (χ0) is 16.4. The Morgan fingerprint density at radius 3 is 2.74 bits per heavy atom. The fourth-order valence-corrected chi connectivity index (χ4v) is 2.50. The molecule has 0 radical (unpaired) electrons. The fraction of sp³-hybridized carbons (Fsp3) is 0.222. The summed E-state index contributed by atoms with van der Waals surface area (Å²) in [6.07, 6.45) is -0.859. The van der Waals surface area contributed by atoms with Gasteiger partial charge in [-0.05, 0) is 49.2 Å². The van der Waals surface area contributed by atoms with Crippen molar-refractivity contribution in [2.75, 3.05) is 10.6 Å². The molecular weight excluding hydrogens is 292 g/mol. The minimum atomic E-state index is -0.824. The Morgan fingerprint density at radius 2 is 1.96 bits per heavy atom. The van der Waals surface area contributed by atoms with Gasteiger partial charge in [0.2, 0.25) is 5.91 Å². The van der Waals surface area contributed by atoms with Crippen LogP contribution in [0.5, 0.6) is 5.75 Å². The van der Waals surface area contributed by atoms with Gasteiger partial charge in [0.25, 0.3) is 5.91 Å². The number of fused-ring (bicyclic) bond motifs is 1. The molecule has 0 aliphatic carbocycles. The summed E-state index contributed by atoms with van der Waals surface area (Å²) in [6, 6.07) is 13.0. The van der Waals surface area contributed by atoms with Crippen molar-refractivity contribution in [2.45, 2.75) is 26.4 Å². The summed E-state index contributed by atoms with van der Waals surface area (Å²) in [7, 11) is 0. The molecule has 1 atom stereocenters. The van der Waals surface area contributed by atoms with Crippen molar-refractivity contribution in [1.82, 2.24) is 0 Å². The van der Waals surface area contributed by atoms with Crippen LogP contribution in [0, 0.1) is 13.8 Å². The van der Waals surface area contributed by atoms with E-state index >= 15 is 0 Å². The Balaban J connectivity index is 1.67. The number of rotatable bonds is 3. The largest absolute Gasteiger partial charge is 0.478 e. The molecule has 1 heterocycles. The second-order valence-electron chi connectivity index (χ2n) is 5.72. The van der Waals surface area contributed by atoms with Crippen LogP contribution in [0.1, 0.15) is 17.5 Å². The van der Waals surface area contributed by atoms with Crippen LogP contribution in [0.15, 0.2) is 42.5 Å². The van der Waals surface area contributed by atoms with E-state index in [1.165, 1.54) is 0 Å². The van der Waals surface area contributed by atoms with Gasteiger partial charge in [-0.3, -0.25) is 9.59 Å². The van der Waals surface area contributed by atoms with E-state index in [1.54, 1.807) is 6.07 Å². The number of ether oxygens (including phenoxy) is 1. The molecule has 5 heteroatoms. The minimum absolute atomic E-state index is 0.0346. The number of benzene rings is 2. The molecule has 1 aliphatic rings. The molecule has 2 amide bonds. The van der Waals surface area contributed by atoms with Gasteiger partial charge in [-0.1, -0.05) is 18.2 Å². The van der Waals surface area contributed by atoms with Gasteiger partial charge in [0.15, 0.2) is 6.10 Å². The summed E-state index contributed by atoms with van der Waals surface area (Å²) >= 11 is 0. The van der Waals surface area contributed by atoms with Crippen LogP contribution in [-0.2, 0) is 9.59 Å². The van der Waals surface area contributed by atoms with Gasteiger partial charge in [0.1, 0.15) is 5.75 Å². The zero-order valence-corrected chi connectivity index (χ0v) is 13.1. The Labute approximate surface area is 134 Å². The van der Waals surface area contributed by atoms with Crippen molar-refractivity contribution in [1.29, 1.82) is 0 Å². The molecule has 5 nitrogen and oxygen atoms in total. The lowest BCUT2D eigenvalue weighted by atomic mass is 10.1. The first-order chi connectivity index (χ1) is 11.0. The summed E-state index contributed by atoms with van der Waals surface area (Å²) < 4.78 is 5.66. The van der Waals surface area contributed by atoms with Crippen LogP contribution in [-0.4, -0.2) is 17.9 Å². The average molecular weight is 310 g/mol. The van der Waals surface area contributed by atoms with E-state index in [0.29, 0.717) is 17.1 Å². The number of carbonyl (C=O) groups is 2. The normalized spacial score (nSPS) is 16.1. The molecule has 118 valence electrons. The lowest BCUT2D eigenvalue weighted by Crippen LogP contribution is -2.39. The summed E-state index contributed by atoms with van der Waals surface area (Å²) in [5.41, 5.74) is 3.44. The van der Waals surface area contributed by atoms with E-state index < -0.39 is 6.10 Å². The summed E-state index contributed by atoms with van der Waals surface area (Å²) in [4.78, 5) is 24.2. The van der Waals surface area contributed by atoms with Crippen LogP contribution in [0.2, 0.25) is 0 Å². The van der Waals surface area contributed by atoms with Crippen molar-refractivity contribution in [3.05, 3.63) is 53.6 Å². The lowest BCUT2D eigenvalue weighted by molar-refractivity contribution is -0.128. The quantitative estimate of drug-likeness (QED) is 0.915. The molecule has 0 fully saturated rings. The number of nitrogens with one attached hydrogen (secondary N) is 2. The van der Waals surface area contributed by atoms with Gasteiger partial charge in [-0.15, -0.1) is 0 Å². The third-order valence-electron chi connectivity index (χ3n) is 3.63. The second kappa shape index (κ2) is 6.12. The van der Waals surface area contributed by atoms with Crippen molar-refractivity contribution in [3.8, 4) is 5.75 Å². The summed E-state index contributed by atoms with van der Waals surface area (Å²) in [5, 5.41) is 5.57. The van der Waals surface area contributed by atoms with E-state index in [2.05, 4.69) is 10.6 Å². The first kappa shape index (κ1) is 15.1. The minimum Gasteiger partial charge on any atom is -0.478 e. The fourth-order valence-electron chi connectivity index (χ4n) is 2.50. The first-order valence-electron chi connectivity index (χ1n) is 7.46. The maximum Gasteiger partial charge on any atom is 0.266 e. The maximum atomic E-state index is 12.1. The highest BCUT2D eigenvalue weighted by Gasteiger charge is 2.29. The van der Waals surface area contributed by atoms with Gasteiger partial charge in [-0.25, -0.2) is 0 Å². The average Bonchev–Trinajstić information content (AvgIpc) is 2.48. The molecule has 0 bridgehead atoms. The molecule has 2 aromatic carbocycles. The van der Waals surface area contributed by atoms with E-state index in [0.717, 1.165) is 11.1 Å². The van der Waals surface area contributed by atoms with Gasteiger partial charge in [0, 0.05) is 5.69 Å². The molecule has 0 saturated carbocycles. The zero-order valence-electron chi connectivity index (χ0n) is 13.1. The maximum absolute atomic E-state index is 12.1. The molecule has 2 aromatic rings. The van der Waals surface area contributed by atoms with Crippen LogP contribution >= 0.6 is 0 Å². The number of carbonyl (C=O) groups excluding carboxylic acids is 2. The van der Waals surface area contributed by atoms with Crippen LogP contribution in [0.3, 0.4) is 0 Å². The molecule has 1 unspecified atom stereocenters. The molecule has 0 saturated heterocycles. The van der Waals surface area contributed by atoms with Gasteiger partial charge < -0.3 is 15.4 Å². The number of hydrogen-bond donors (Lipinski definition) is 2. The number of aryl methyl sites for hydroxylation is 2. The van der Waals surface area contributed by atoms with Crippen LogP contribution < -0.4 is 15.4 Å². The Morgan fingerprint density at radius 1 is 1.17 bits per heavy atom. The van der Waals surface area contributed by atoms with Gasteiger partial charge in [0.05, 0.1) is 12.1 Å². The number of amides is 2. The van der Waals surface area contributed by atoms with E-state index in [-0.39, 0.29) is 18.2 Å². The molecule has 2 N–H and O–H groups in total. The highest BCUT2D eigenvalue weighted by Crippen LogP contribution is 2.31.